The monoisotopic (exact) mass is 343 g/mol. The van der Waals surface area contributed by atoms with Gasteiger partial charge >= 0.3 is 0 Å². The number of aryl methyl sites for hydroxylation is 3. The molecule has 1 atom stereocenters. The summed E-state index contributed by atoms with van der Waals surface area (Å²) in [7, 11) is 0. The van der Waals surface area contributed by atoms with E-state index >= 15 is 0 Å². The number of halogens is 1. The van der Waals surface area contributed by atoms with Crippen LogP contribution in [0.1, 0.15) is 36.5 Å². The number of benzene rings is 2. The van der Waals surface area contributed by atoms with Gasteiger partial charge in [0.15, 0.2) is 0 Å². The van der Waals surface area contributed by atoms with Crippen molar-refractivity contribution >= 4 is 21.6 Å². The lowest BCUT2D eigenvalue weighted by molar-refractivity contribution is 0.585. The predicted molar refractivity (Wildman–Crippen MR) is 94.0 cm³/mol. The number of nitrogens with one attached hydrogen (secondary N) is 1. The van der Waals surface area contributed by atoms with Crippen molar-refractivity contribution in [1.82, 2.24) is 0 Å². The predicted octanol–water partition coefficient (Wildman–Crippen LogP) is 5.37. The molecule has 21 heavy (non-hydrogen) atoms. The molecule has 0 amide bonds. The summed E-state index contributed by atoms with van der Waals surface area (Å²) >= 11 is 3.63. The summed E-state index contributed by atoms with van der Waals surface area (Å²) in [6.07, 6.45) is 5.88. The van der Waals surface area contributed by atoms with Gasteiger partial charge in [0.2, 0.25) is 0 Å². The number of fused-ring (bicyclic) bond motifs is 1. The van der Waals surface area contributed by atoms with Crippen molar-refractivity contribution in [3.63, 3.8) is 0 Å². The van der Waals surface area contributed by atoms with E-state index in [0.29, 0.717) is 6.04 Å². The molecular formula is C19H22BrN. The van der Waals surface area contributed by atoms with Crippen LogP contribution >= 0.6 is 15.9 Å². The first-order valence-corrected chi connectivity index (χ1v) is 8.67. The van der Waals surface area contributed by atoms with Crippen molar-refractivity contribution in [3.8, 4) is 0 Å². The number of rotatable bonds is 4. The maximum atomic E-state index is 3.79. The van der Waals surface area contributed by atoms with Gasteiger partial charge in [0.05, 0.1) is 0 Å². The molecule has 1 heterocycles. The third-order valence-electron chi connectivity index (χ3n) is 4.38. The van der Waals surface area contributed by atoms with Crippen molar-refractivity contribution in [1.29, 1.82) is 0 Å². The van der Waals surface area contributed by atoms with Gasteiger partial charge in [-0.2, -0.15) is 0 Å². The summed E-state index contributed by atoms with van der Waals surface area (Å²) in [4.78, 5) is 0. The normalized spacial score (nSPS) is 17.1. The summed E-state index contributed by atoms with van der Waals surface area (Å²) in [5, 5.41) is 3.79. The van der Waals surface area contributed by atoms with Crippen LogP contribution in [0.3, 0.4) is 0 Å². The second kappa shape index (κ2) is 6.65. The molecule has 2 heteroatoms. The van der Waals surface area contributed by atoms with Gasteiger partial charge in [0, 0.05) is 16.2 Å². The molecule has 0 aliphatic carbocycles. The third kappa shape index (κ3) is 3.49. The minimum Gasteiger partial charge on any atom is -0.382 e. The van der Waals surface area contributed by atoms with Gasteiger partial charge in [-0.1, -0.05) is 53.2 Å². The van der Waals surface area contributed by atoms with E-state index < -0.39 is 0 Å². The van der Waals surface area contributed by atoms with Crippen LogP contribution in [0.4, 0.5) is 5.69 Å². The Morgan fingerprint density at radius 3 is 2.76 bits per heavy atom. The van der Waals surface area contributed by atoms with E-state index in [1.165, 1.54) is 46.1 Å². The molecule has 0 bridgehead atoms. The van der Waals surface area contributed by atoms with Crippen LogP contribution in [0.2, 0.25) is 0 Å². The van der Waals surface area contributed by atoms with Crippen LogP contribution in [0.25, 0.3) is 0 Å². The topological polar surface area (TPSA) is 12.0 Å². The maximum absolute atomic E-state index is 3.79. The van der Waals surface area contributed by atoms with Gasteiger partial charge in [-0.3, -0.25) is 0 Å². The summed E-state index contributed by atoms with van der Waals surface area (Å²) in [6, 6.07) is 15.9. The number of hydrogen-bond acceptors (Lipinski definition) is 1. The Hall–Kier alpha value is -1.28. The molecule has 3 rings (SSSR count). The highest BCUT2D eigenvalue weighted by molar-refractivity contribution is 9.10. The molecule has 0 saturated heterocycles. The highest BCUT2D eigenvalue weighted by Crippen LogP contribution is 2.33. The summed E-state index contributed by atoms with van der Waals surface area (Å²) in [6.45, 7) is 2.23. The van der Waals surface area contributed by atoms with E-state index in [0.717, 1.165) is 12.8 Å². The zero-order valence-electron chi connectivity index (χ0n) is 12.5. The van der Waals surface area contributed by atoms with Crippen molar-refractivity contribution < 1.29 is 0 Å². The Labute approximate surface area is 135 Å². The zero-order valence-corrected chi connectivity index (χ0v) is 14.1. The van der Waals surface area contributed by atoms with Gasteiger partial charge < -0.3 is 5.32 Å². The fourth-order valence-corrected chi connectivity index (χ4v) is 3.75. The van der Waals surface area contributed by atoms with Crippen LogP contribution in [-0.4, -0.2) is 6.04 Å². The first-order valence-electron chi connectivity index (χ1n) is 7.88. The van der Waals surface area contributed by atoms with E-state index in [9.17, 15) is 0 Å². The van der Waals surface area contributed by atoms with Gasteiger partial charge in [-0.05, 0) is 60.9 Å². The summed E-state index contributed by atoms with van der Waals surface area (Å²) in [5.74, 6) is 0. The third-order valence-corrected chi connectivity index (χ3v) is 4.84. The molecule has 0 spiro atoms. The first-order chi connectivity index (χ1) is 10.3. The fourth-order valence-electron chi connectivity index (χ4n) is 3.19. The first kappa shape index (κ1) is 14.6. The lowest BCUT2D eigenvalue weighted by atomic mass is 9.91. The number of hydrogen-bond donors (Lipinski definition) is 1. The SMILES string of the molecule is CCc1cc(Br)cc2c1NC(CCc1ccccc1)CC2. The van der Waals surface area contributed by atoms with E-state index in [2.05, 4.69) is 70.6 Å². The van der Waals surface area contributed by atoms with Gasteiger partial charge in [-0.15, -0.1) is 0 Å². The van der Waals surface area contributed by atoms with Crippen LogP contribution in [0.15, 0.2) is 46.9 Å². The average Bonchev–Trinajstić information content (AvgIpc) is 2.53. The Kier molecular flexibility index (Phi) is 4.64. The molecule has 0 radical (unpaired) electrons. The maximum Gasteiger partial charge on any atom is 0.0408 e. The molecular weight excluding hydrogens is 322 g/mol. The highest BCUT2D eigenvalue weighted by atomic mass is 79.9. The molecule has 0 aromatic heterocycles. The highest BCUT2D eigenvalue weighted by Gasteiger charge is 2.20. The minimum atomic E-state index is 0.601. The van der Waals surface area contributed by atoms with Crippen LogP contribution in [0, 0.1) is 0 Å². The molecule has 110 valence electrons. The van der Waals surface area contributed by atoms with Gasteiger partial charge in [0.25, 0.3) is 0 Å². The minimum absolute atomic E-state index is 0.601. The zero-order chi connectivity index (χ0) is 14.7. The fraction of sp³-hybridized carbons (Fsp3) is 0.368. The van der Waals surface area contributed by atoms with Crippen LogP contribution < -0.4 is 5.32 Å². The molecule has 2 aromatic rings. The molecule has 0 fully saturated rings. The molecule has 1 aliphatic heterocycles. The smallest absolute Gasteiger partial charge is 0.0408 e. The van der Waals surface area contributed by atoms with Gasteiger partial charge in [-0.25, -0.2) is 0 Å². The van der Waals surface area contributed by atoms with E-state index in [1.807, 2.05) is 0 Å². The quantitative estimate of drug-likeness (QED) is 0.786. The van der Waals surface area contributed by atoms with Crippen molar-refractivity contribution in [2.75, 3.05) is 5.32 Å². The average molecular weight is 344 g/mol. The summed E-state index contributed by atoms with van der Waals surface area (Å²) < 4.78 is 1.21. The number of anilines is 1. The van der Waals surface area contributed by atoms with Crippen molar-refractivity contribution in [3.05, 3.63) is 63.6 Å². The summed E-state index contributed by atoms with van der Waals surface area (Å²) in [5.41, 5.74) is 5.74. The Balaban J connectivity index is 1.69. The van der Waals surface area contributed by atoms with Gasteiger partial charge in [0.1, 0.15) is 0 Å². The van der Waals surface area contributed by atoms with E-state index in [1.54, 1.807) is 0 Å². The molecule has 2 aromatic carbocycles. The van der Waals surface area contributed by atoms with E-state index in [4.69, 9.17) is 0 Å². The molecule has 1 N–H and O–H groups in total. The van der Waals surface area contributed by atoms with Crippen molar-refractivity contribution in [2.45, 2.75) is 45.1 Å². The Morgan fingerprint density at radius 2 is 2.00 bits per heavy atom. The Bertz CT molecular complexity index is 589. The molecule has 1 unspecified atom stereocenters. The standard InChI is InChI=1S/C19H22BrN/c1-2-15-12-17(20)13-16-9-11-18(21-19(15)16)10-8-14-6-4-3-5-7-14/h3-7,12-13,18,21H,2,8-11H2,1H3. The lowest BCUT2D eigenvalue weighted by Crippen LogP contribution is -2.27. The second-order valence-corrected chi connectivity index (χ2v) is 6.77. The second-order valence-electron chi connectivity index (χ2n) is 5.86. The lowest BCUT2D eigenvalue weighted by Gasteiger charge is -2.29. The van der Waals surface area contributed by atoms with Crippen LogP contribution in [-0.2, 0) is 19.3 Å². The molecule has 0 saturated carbocycles. The van der Waals surface area contributed by atoms with Crippen LogP contribution in [0.5, 0.6) is 0 Å². The Morgan fingerprint density at radius 1 is 1.19 bits per heavy atom. The van der Waals surface area contributed by atoms with E-state index in [-0.39, 0.29) is 0 Å². The molecule has 1 nitrogen and oxygen atoms in total. The molecule has 1 aliphatic rings. The van der Waals surface area contributed by atoms with Crippen molar-refractivity contribution in [2.24, 2.45) is 0 Å². The largest absolute Gasteiger partial charge is 0.382 e.